The van der Waals surface area contributed by atoms with Crippen LogP contribution >= 0.6 is 27.7 Å². The van der Waals surface area contributed by atoms with Crippen molar-refractivity contribution in [3.05, 3.63) is 76.8 Å². The van der Waals surface area contributed by atoms with Crippen LogP contribution in [0.3, 0.4) is 0 Å². The van der Waals surface area contributed by atoms with E-state index in [9.17, 15) is 9.59 Å². The molecule has 0 aromatic heterocycles. The van der Waals surface area contributed by atoms with E-state index in [0.717, 1.165) is 15.1 Å². The number of carbonyl (C=O) groups excluding carboxylic acids is 2. The molecule has 3 aromatic carbocycles. The Hall–Kier alpha value is -2.97. The van der Waals surface area contributed by atoms with Gasteiger partial charge in [-0.3, -0.25) is 9.59 Å². The van der Waals surface area contributed by atoms with E-state index in [1.54, 1.807) is 24.3 Å². The van der Waals surface area contributed by atoms with Crippen LogP contribution in [-0.2, 0) is 4.79 Å². The fraction of sp³-hybridized carbons (Fsp3) is 0.167. The summed E-state index contributed by atoms with van der Waals surface area (Å²) in [5.41, 5.74) is 1.64. The van der Waals surface area contributed by atoms with Crippen LogP contribution in [0.4, 0.5) is 11.4 Å². The molecule has 2 N–H and O–H groups in total. The molecule has 1 atom stereocenters. The number of halogens is 1. The highest BCUT2D eigenvalue weighted by molar-refractivity contribution is 9.10. The highest BCUT2D eigenvalue weighted by Crippen LogP contribution is 2.31. The highest BCUT2D eigenvalue weighted by atomic mass is 79.9. The fourth-order valence-electron chi connectivity index (χ4n) is 2.97. The standard InChI is InChI=1S/C24H23BrN2O4S/c1-15(23(28)27-19-11-5-4-10-18(19)25)32-17-9-6-8-16(14-17)26-24(29)22-20(30-2)12-7-13-21(22)31-3/h4-15H,1-3H3,(H,26,29)(H,27,28). The summed E-state index contributed by atoms with van der Waals surface area (Å²) in [6.45, 7) is 1.84. The average Bonchev–Trinajstić information content (AvgIpc) is 2.80. The molecule has 32 heavy (non-hydrogen) atoms. The van der Waals surface area contributed by atoms with Crippen molar-refractivity contribution in [1.29, 1.82) is 0 Å². The summed E-state index contributed by atoms with van der Waals surface area (Å²) in [5, 5.41) is 5.45. The van der Waals surface area contributed by atoms with Gasteiger partial charge in [-0.25, -0.2) is 0 Å². The Bertz CT molecular complexity index is 1100. The van der Waals surface area contributed by atoms with Crippen molar-refractivity contribution in [3.8, 4) is 11.5 Å². The maximum absolute atomic E-state index is 12.9. The van der Waals surface area contributed by atoms with Gasteiger partial charge in [0.05, 0.1) is 25.2 Å². The molecule has 166 valence electrons. The lowest BCUT2D eigenvalue weighted by molar-refractivity contribution is -0.115. The van der Waals surface area contributed by atoms with Crippen LogP contribution in [0, 0.1) is 0 Å². The number of para-hydroxylation sites is 1. The highest BCUT2D eigenvalue weighted by Gasteiger charge is 2.19. The molecule has 0 saturated carbocycles. The van der Waals surface area contributed by atoms with Crippen molar-refractivity contribution in [1.82, 2.24) is 0 Å². The zero-order chi connectivity index (χ0) is 23.1. The van der Waals surface area contributed by atoms with Crippen molar-refractivity contribution in [3.63, 3.8) is 0 Å². The molecule has 8 heteroatoms. The predicted molar refractivity (Wildman–Crippen MR) is 132 cm³/mol. The van der Waals surface area contributed by atoms with E-state index in [2.05, 4.69) is 26.6 Å². The largest absolute Gasteiger partial charge is 0.496 e. The summed E-state index contributed by atoms with van der Waals surface area (Å²) < 4.78 is 11.4. The Morgan fingerprint density at radius 1 is 0.906 bits per heavy atom. The third kappa shape index (κ3) is 5.83. The Balaban J connectivity index is 1.70. The number of methoxy groups -OCH3 is 2. The van der Waals surface area contributed by atoms with E-state index in [0.29, 0.717) is 22.7 Å². The summed E-state index contributed by atoms with van der Waals surface area (Å²) in [4.78, 5) is 26.4. The van der Waals surface area contributed by atoms with E-state index in [4.69, 9.17) is 9.47 Å². The van der Waals surface area contributed by atoms with Crippen molar-refractivity contribution in [2.45, 2.75) is 17.1 Å². The number of ether oxygens (including phenoxy) is 2. The van der Waals surface area contributed by atoms with Gasteiger partial charge in [0.25, 0.3) is 5.91 Å². The molecular formula is C24H23BrN2O4S. The first kappa shape index (κ1) is 23.7. The number of amides is 2. The topological polar surface area (TPSA) is 76.7 Å². The molecule has 0 aliphatic heterocycles. The van der Waals surface area contributed by atoms with E-state index >= 15 is 0 Å². The van der Waals surface area contributed by atoms with Crippen molar-refractivity contribution in [2.24, 2.45) is 0 Å². The third-order valence-corrected chi connectivity index (χ3v) is 6.35. The molecule has 0 heterocycles. The third-order valence-electron chi connectivity index (χ3n) is 4.56. The second-order valence-corrected chi connectivity index (χ2v) is 9.02. The Morgan fingerprint density at radius 3 is 2.22 bits per heavy atom. The molecule has 0 fully saturated rings. The van der Waals surface area contributed by atoms with Crippen molar-refractivity contribution >= 4 is 50.9 Å². The van der Waals surface area contributed by atoms with E-state index < -0.39 is 0 Å². The number of hydrogen-bond donors (Lipinski definition) is 2. The van der Waals surface area contributed by atoms with Gasteiger partial charge in [0.1, 0.15) is 17.1 Å². The molecule has 6 nitrogen and oxygen atoms in total. The zero-order valence-corrected chi connectivity index (χ0v) is 20.2. The van der Waals surface area contributed by atoms with Gasteiger partial charge in [0.2, 0.25) is 5.91 Å². The minimum atomic E-state index is -0.346. The Kier molecular flexibility index (Phi) is 8.19. The fourth-order valence-corrected chi connectivity index (χ4v) is 4.28. The second kappa shape index (κ2) is 11.1. The SMILES string of the molecule is COc1cccc(OC)c1C(=O)Nc1cccc(SC(C)C(=O)Nc2ccccc2Br)c1. The Labute approximate surface area is 199 Å². The minimum absolute atomic E-state index is 0.116. The second-order valence-electron chi connectivity index (χ2n) is 6.75. The normalized spacial score (nSPS) is 11.4. The molecule has 0 spiro atoms. The monoisotopic (exact) mass is 514 g/mol. The number of thioether (sulfide) groups is 1. The molecule has 0 aliphatic rings. The first-order chi connectivity index (χ1) is 15.4. The van der Waals surface area contributed by atoms with Crippen molar-refractivity contribution < 1.29 is 19.1 Å². The van der Waals surface area contributed by atoms with E-state index in [1.165, 1.54) is 26.0 Å². The summed E-state index contributed by atoms with van der Waals surface area (Å²) in [6, 6.07) is 20.0. The number of rotatable bonds is 8. The number of benzene rings is 3. The smallest absolute Gasteiger partial charge is 0.263 e. The number of nitrogens with one attached hydrogen (secondary N) is 2. The van der Waals surface area contributed by atoms with Gasteiger partial charge in [-0.1, -0.05) is 24.3 Å². The van der Waals surface area contributed by atoms with Crippen LogP contribution in [0.25, 0.3) is 0 Å². The van der Waals surface area contributed by atoms with Crippen LogP contribution in [0.5, 0.6) is 11.5 Å². The summed E-state index contributed by atoms with van der Waals surface area (Å²) in [7, 11) is 3.01. The lowest BCUT2D eigenvalue weighted by atomic mass is 10.1. The molecule has 0 aliphatic carbocycles. The zero-order valence-electron chi connectivity index (χ0n) is 17.8. The lowest BCUT2D eigenvalue weighted by Crippen LogP contribution is -2.22. The van der Waals surface area contributed by atoms with Crippen LogP contribution in [0.2, 0.25) is 0 Å². The molecule has 1 unspecified atom stereocenters. The number of carbonyl (C=O) groups is 2. The van der Waals surface area contributed by atoms with E-state index in [-0.39, 0.29) is 17.1 Å². The Morgan fingerprint density at radius 2 is 1.56 bits per heavy atom. The molecule has 0 radical (unpaired) electrons. The van der Waals surface area contributed by atoms with Crippen LogP contribution in [0.1, 0.15) is 17.3 Å². The van der Waals surface area contributed by atoms with Gasteiger partial charge in [-0.05, 0) is 65.3 Å². The lowest BCUT2D eigenvalue weighted by Gasteiger charge is -2.15. The van der Waals surface area contributed by atoms with Gasteiger partial charge in [0.15, 0.2) is 0 Å². The van der Waals surface area contributed by atoms with Gasteiger partial charge in [-0.2, -0.15) is 0 Å². The van der Waals surface area contributed by atoms with Crippen LogP contribution < -0.4 is 20.1 Å². The molecule has 0 bridgehead atoms. The van der Waals surface area contributed by atoms with Gasteiger partial charge in [-0.15, -0.1) is 11.8 Å². The molecular weight excluding hydrogens is 492 g/mol. The van der Waals surface area contributed by atoms with Gasteiger partial charge >= 0.3 is 0 Å². The predicted octanol–water partition coefficient (Wildman–Crippen LogP) is 5.84. The summed E-state index contributed by atoms with van der Waals surface area (Å²) >= 11 is 4.83. The quantitative estimate of drug-likeness (QED) is 0.369. The van der Waals surface area contributed by atoms with Gasteiger partial charge in [0, 0.05) is 15.1 Å². The van der Waals surface area contributed by atoms with Gasteiger partial charge < -0.3 is 20.1 Å². The maximum atomic E-state index is 12.9. The number of hydrogen-bond acceptors (Lipinski definition) is 5. The van der Waals surface area contributed by atoms with E-state index in [1.807, 2.05) is 49.4 Å². The molecule has 0 saturated heterocycles. The minimum Gasteiger partial charge on any atom is -0.496 e. The first-order valence-corrected chi connectivity index (χ1v) is 11.4. The van der Waals surface area contributed by atoms with Crippen molar-refractivity contribution in [2.75, 3.05) is 24.9 Å². The molecule has 2 amide bonds. The molecule has 3 rings (SSSR count). The molecule has 3 aromatic rings. The average molecular weight is 515 g/mol. The van der Waals surface area contributed by atoms with Crippen LogP contribution in [-0.4, -0.2) is 31.3 Å². The number of anilines is 2. The summed E-state index contributed by atoms with van der Waals surface area (Å²) in [6.07, 6.45) is 0. The maximum Gasteiger partial charge on any atom is 0.263 e. The summed E-state index contributed by atoms with van der Waals surface area (Å²) in [5.74, 6) is 0.380. The van der Waals surface area contributed by atoms with Crippen LogP contribution in [0.15, 0.2) is 76.1 Å². The first-order valence-electron chi connectivity index (χ1n) is 9.77.